The first kappa shape index (κ1) is 83.8. The van der Waals surface area contributed by atoms with Crippen molar-refractivity contribution in [3.8, 4) is 0 Å². The SMILES string of the molecule is CCC[Si](CCC)(CCC)[C-](C1CCCCC1)[Si](CCC)(CCC)CCC.CCC[Si](CCC)(CCC)[C-](C1CCCCC1)[Si](CCC)(CCC)CCC.CCC[Si](CCC)(CCC)[C-](C1CCCCC1)[Si](CCC)(CCC)CCC.[Cr+3]. The molecule has 3 fully saturated rings. The van der Waals surface area contributed by atoms with Gasteiger partial charge in [0.15, 0.2) is 0 Å². The normalized spacial score (nSPS) is 16.8. The molecule has 0 saturated heterocycles. The predicted octanol–water partition coefficient (Wildman–Crippen LogP) is 28.7. The van der Waals surface area contributed by atoms with E-state index in [2.05, 4.69) is 140 Å². The van der Waals surface area contributed by atoms with Gasteiger partial charge in [0.1, 0.15) is 0 Å². The van der Waals surface area contributed by atoms with Crippen molar-refractivity contribution in [2.45, 2.75) is 445 Å². The van der Waals surface area contributed by atoms with E-state index in [0.717, 1.165) is 17.8 Å². The molecule has 0 N–H and O–H groups in total. The van der Waals surface area contributed by atoms with Gasteiger partial charge in [-0.1, -0.05) is 494 Å². The van der Waals surface area contributed by atoms with Gasteiger partial charge >= 0.3 is 17.4 Å². The molecule has 0 heterocycles. The summed E-state index contributed by atoms with van der Waals surface area (Å²) >= 11 is 0. The Hall–Kier alpha value is 1.83. The number of hydrogen-bond donors (Lipinski definition) is 0. The van der Waals surface area contributed by atoms with E-state index in [1.165, 1.54) is 173 Å². The summed E-state index contributed by atoms with van der Waals surface area (Å²) in [6, 6.07) is 29.1. The third-order valence-corrected chi connectivity index (χ3v) is 67.7. The van der Waals surface area contributed by atoms with Crippen molar-refractivity contribution in [2.75, 3.05) is 0 Å². The molecule has 3 aliphatic rings. The van der Waals surface area contributed by atoms with E-state index in [0.29, 0.717) is 0 Å². The average Bonchev–Trinajstić information content (AvgIpc) is 3.46. The second-order valence-corrected chi connectivity index (χ2v) is 58.5. The number of hydrogen-bond acceptors (Lipinski definition) is 0. The van der Waals surface area contributed by atoms with Crippen molar-refractivity contribution in [1.82, 2.24) is 0 Å². The predicted molar refractivity (Wildman–Crippen MR) is 396 cm³/mol. The zero-order valence-electron chi connectivity index (χ0n) is 60.7. The van der Waals surface area contributed by atoms with E-state index >= 15 is 0 Å². The molecular weight excluding hydrogens is 1120 g/mol. The molecule has 0 unspecified atom stereocenters. The van der Waals surface area contributed by atoms with Gasteiger partial charge in [-0.15, -0.1) is 0 Å². The molecule has 82 heavy (non-hydrogen) atoms. The van der Waals surface area contributed by atoms with E-state index < -0.39 is 48.4 Å². The van der Waals surface area contributed by atoms with Gasteiger partial charge in [0, 0.05) is 0 Å². The van der Waals surface area contributed by atoms with Crippen LogP contribution in [0, 0.1) is 33.2 Å². The molecule has 0 aromatic rings. The maximum Gasteiger partial charge on any atom is 3.00 e. The topological polar surface area (TPSA) is 0 Å². The quantitative estimate of drug-likeness (QED) is 0.0421. The Kier molecular flexibility index (Phi) is 49.7. The van der Waals surface area contributed by atoms with Gasteiger partial charge in [0.2, 0.25) is 0 Å². The molecule has 0 nitrogen and oxygen atoms in total. The van der Waals surface area contributed by atoms with Crippen molar-refractivity contribution in [3.63, 3.8) is 0 Å². The van der Waals surface area contributed by atoms with Gasteiger partial charge in [0.25, 0.3) is 0 Å². The molecule has 0 aromatic heterocycles. The molecule has 0 spiro atoms. The second kappa shape index (κ2) is 48.6. The summed E-state index contributed by atoms with van der Waals surface area (Å²) < 4.78 is 0. The van der Waals surface area contributed by atoms with Gasteiger partial charge in [-0.05, 0) is 0 Å². The fourth-order valence-corrected chi connectivity index (χ4v) is 75.5. The van der Waals surface area contributed by atoms with Crippen LogP contribution in [0.3, 0.4) is 0 Å². The summed E-state index contributed by atoms with van der Waals surface area (Å²) in [6.07, 6.45) is 49.0. The first-order chi connectivity index (χ1) is 39.3. The second-order valence-electron chi connectivity index (χ2n) is 29.4. The Morgan fingerprint density at radius 2 is 0.280 bits per heavy atom. The molecule has 0 aliphatic heterocycles. The van der Waals surface area contributed by atoms with Crippen LogP contribution in [0.25, 0.3) is 0 Å². The molecule has 0 bridgehead atoms. The van der Waals surface area contributed by atoms with Crippen molar-refractivity contribution >= 4 is 48.4 Å². The van der Waals surface area contributed by atoms with Crippen molar-refractivity contribution in [3.05, 3.63) is 15.5 Å². The maximum absolute atomic E-state index is 2.49. The molecule has 1 radical (unpaired) electrons. The van der Waals surface area contributed by atoms with Gasteiger partial charge in [0.05, 0.1) is 0 Å². The minimum Gasteiger partial charge on any atom is -0.307 e. The first-order valence-electron chi connectivity index (χ1n) is 38.9. The molecule has 0 aromatic carbocycles. The van der Waals surface area contributed by atoms with Gasteiger partial charge in [-0.2, -0.15) is 17.8 Å². The third kappa shape index (κ3) is 25.1. The summed E-state index contributed by atoms with van der Waals surface area (Å²) in [7, 11) is -7.69. The van der Waals surface area contributed by atoms with E-state index in [4.69, 9.17) is 0 Å². The van der Waals surface area contributed by atoms with Crippen LogP contribution < -0.4 is 0 Å². The maximum atomic E-state index is 2.49. The van der Waals surface area contributed by atoms with Crippen LogP contribution in [0.4, 0.5) is 0 Å². The van der Waals surface area contributed by atoms with Crippen molar-refractivity contribution < 1.29 is 17.4 Å². The summed E-state index contributed by atoms with van der Waals surface area (Å²) in [5.41, 5.74) is 0. The summed E-state index contributed by atoms with van der Waals surface area (Å²) in [4.78, 5) is 0. The fraction of sp³-hybridized carbons (Fsp3) is 0.960. The van der Waals surface area contributed by atoms with Gasteiger partial charge in [-0.25, -0.2) is 0 Å². The van der Waals surface area contributed by atoms with Crippen LogP contribution in [0.5, 0.6) is 0 Å². The zero-order valence-corrected chi connectivity index (χ0v) is 68.0. The van der Waals surface area contributed by atoms with Crippen LogP contribution in [-0.2, 0) is 17.4 Å². The summed E-state index contributed by atoms with van der Waals surface area (Å²) in [5.74, 6) is 3.14. The van der Waals surface area contributed by atoms with E-state index in [9.17, 15) is 0 Å². The Balaban J connectivity index is 0.00000119. The average molecular weight is 1280 g/mol. The van der Waals surface area contributed by atoms with E-state index in [1.807, 2.05) is 0 Å². The summed E-state index contributed by atoms with van der Waals surface area (Å²) in [6.45, 7) is 44.9. The molecule has 3 saturated carbocycles. The van der Waals surface area contributed by atoms with Crippen molar-refractivity contribution in [1.29, 1.82) is 0 Å². The molecule has 0 atom stereocenters. The third-order valence-electron chi connectivity index (χ3n) is 22.6. The summed E-state index contributed by atoms with van der Waals surface area (Å²) in [5, 5.41) is 7.18. The van der Waals surface area contributed by atoms with Gasteiger partial charge in [-0.3, -0.25) is 0 Å². The minimum absolute atomic E-state index is 0. The van der Waals surface area contributed by atoms with Crippen molar-refractivity contribution in [2.24, 2.45) is 17.8 Å². The van der Waals surface area contributed by atoms with Crippen LogP contribution >= 0.6 is 0 Å². The zero-order chi connectivity index (χ0) is 60.5. The molecule has 489 valence electrons. The fourth-order valence-electron chi connectivity index (χ4n) is 21.7. The Morgan fingerprint density at radius 3 is 0.366 bits per heavy atom. The Morgan fingerprint density at radius 1 is 0.183 bits per heavy atom. The van der Waals surface area contributed by atoms with Crippen LogP contribution in [0.2, 0.25) is 109 Å². The van der Waals surface area contributed by atoms with Gasteiger partial charge < -0.3 is 15.5 Å². The molecule has 3 aliphatic carbocycles. The standard InChI is InChI=1S/3C25H53Si2.Cr/c3*1-7-18-26(19-8-2,20-9-3)25(24-16-14-13-15-17-24)27(21-10-4,22-11-5)23-12-6;/h3*24H,7-23H2,1-6H3;/q3*-1;+3. The van der Waals surface area contributed by atoms with E-state index in [-0.39, 0.29) is 17.4 Å². The monoisotopic (exact) mass is 1280 g/mol. The minimum atomic E-state index is -1.28. The molecule has 7 heteroatoms. The molecular formula is C75H159CrSi6. The molecule has 0 amide bonds. The van der Waals surface area contributed by atoms with E-state index in [1.54, 1.807) is 147 Å². The van der Waals surface area contributed by atoms with Crippen LogP contribution in [-0.4, -0.2) is 48.4 Å². The van der Waals surface area contributed by atoms with Crippen LogP contribution in [0.1, 0.15) is 337 Å². The molecule has 3 rings (SSSR count). The largest absolute Gasteiger partial charge is 3.00 e. The number of rotatable bonds is 45. The smallest absolute Gasteiger partial charge is 0.307 e. The Labute approximate surface area is 540 Å². The van der Waals surface area contributed by atoms with Crippen LogP contribution in [0.15, 0.2) is 0 Å². The first-order valence-corrected chi connectivity index (χ1v) is 54.6. The Bertz CT molecular complexity index is 1070.